The summed E-state index contributed by atoms with van der Waals surface area (Å²) in [5, 5.41) is 14.7. The second-order valence-corrected chi connectivity index (χ2v) is 6.01. The highest BCUT2D eigenvalue weighted by Gasteiger charge is 2.15. The van der Waals surface area contributed by atoms with Gasteiger partial charge in [-0.2, -0.15) is 0 Å². The van der Waals surface area contributed by atoms with Crippen molar-refractivity contribution in [2.24, 2.45) is 0 Å². The Labute approximate surface area is 149 Å². The minimum absolute atomic E-state index is 0.118. The van der Waals surface area contributed by atoms with Crippen molar-refractivity contribution < 1.29 is 23.6 Å². The normalized spacial score (nSPS) is 10.7. The molecule has 0 saturated carbocycles. The number of aromatic nitrogens is 2. The highest BCUT2D eigenvalue weighted by Crippen LogP contribution is 2.21. The van der Waals surface area contributed by atoms with Gasteiger partial charge in [-0.05, 0) is 6.07 Å². The van der Waals surface area contributed by atoms with Gasteiger partial charge < -0.3 is 10.1 Å². The predicted molar refractivity (Wildman–Crippen MR) is 89.4 cm³/mol. The first-order valence-electron chi connectivity index (χ1n) is 7.23. The Morgan fingerprint density at radius 1 is 1.42 bits per heavy atom. The number of hydrogen-bond acceptors (Lipinski definition) is 7. The number of ether oxygens (including phenoxy) is 1. The maximum atomic E-state index is 13.6. The number of hydrogen-bond donors (Lipinski definition) is 1. The monoisotopic (exact) mass is 378 g/mol. The van der Waals surface area contributed by atoms with E-state index in [0.717, 1.165) is 23.2 Å². The fourth-order valence-electron chi connectivity index (χ4n) is 2.12. The molecule has 3 rings (SSSR count). The summed E-state index contributed by atoms with van der Waals surface area (Å²) in [6.45, 7) is -0.650. The third-order valence-electron chi connectivity index (χ3n) is 3.27. The summed E-state index contributed by atoms with van der Waals surface area (Å²) in [5.41, 5.74) is -0.250. The van der Waals surface area contributed by atoms with Crippen molar-refractivity contribution in [3.05, 3.63) is 57.6 Å². The van der Waals surface area contributed by atoms with E-state index in [4.69, 9.17) is 4.74 Å². The summed E-state index contributed by atoms with van der Waals surface area (Å²) in [6.07, 6.45) is 3.35. The number of nitrogens with zero attached hydrogens (tertiary/aromatic N) is 3. The average molecular weight is 378 g/mol. The van der Waals surface area contributed by atoms with Crippen molar-refractivity contribution in [1.29, 1.82) is 0 Å². The van der Waals surface area contributed by atoms with Crippen LogP contribution in [0, 0.1) is 15.9 Å². The molecule has 0 aliphatic heterocycles. The van der Waals surface area contributed by atoms with Crippen LogP contribution in [-0.2, 0) is 20.7 Å². The molecule has 2 heterocycles. The van der Waals surface area contributed by atoms with Crippen LogP contribution in [0.1, 0.15) is 5.69 Å². The van der Waals surface area contributed by atoms with E-state index in [-0.39, 0.29) is 17.8 Å². The molecule has 0 fully saturated rings. The van der Waals surface area contributed by atoms with Crippen molar-refractivity contribution in [2.45, 2.75) is 6.42 Å². The predicted octanol–water partition coefficient (Wildman–Crippen LogP) is 2.17. The molecule has 3 aromatic rings. The van der Waals surface area contributed by atoms with Crippen molar-refractivity contribution >= 4 is 39.5 Å². The number of amides is 1. The summed E-state index contributed by atoms with van der Waals surface area (Å²) in [7, 11) is 0. The average Bonchev–Trinajstić information content (AvgIpc) is 3.16. The number of nitrogens with one attached hydrogen (secondary N) is 1. The molecule has 1 amide bonds. The first-order valence-corrected chi connectivity index (χ1v) is 8.11. The van der Waals surface area contributed by atoms with E-state index in [1.165, 1.54) is 11.3 Å². The van der Waals surface area contributed by atoms with Crippen LogP contribution in [0.2, 0.25) is 0 Å². The highest BCUT2D eigenvalue weighted by atomic mass is 32.1. The minimum atomic E-state index is -0.839. The van der Waals surface area contributed by atoms with Gasteiger partial charge in [0.05, 0.1) is 22.7 Å². The maximum Gasteiger partial charge on any atom is 0.312 e. The molecular weight excluding hydrogens is 367 g/mol. The lowest BCUT2D eigenvalue weighted by atomic mass is 10.2. The number of carbonyl (C=O) groups excluding carboxylic acids is 2. The quantitative estimate of drug-likeness (QED) is 0.399. The molecule has 0 atom stereocenters. The van der Waals surface area contributed by atoms with Crippen LogP contribution in [0.5, 0.6) is 0 Å². The molecule has 2 aromatic heterocycles. The first-order chi connectivity index (χ1) is 12.4. The van der Waals surface area contributed by atoms with E-state index < -0.39 is 29.2 Å². The fraction of sp³-hybridized carbons (Fsp3) is 0.133. The topological polar surface area (TPSA) is 116 Å². The van der Waals surface area contributed by atoms with Gasteiger partial charge in [0.25, 0.3) is 11.6 Å². The Morgan fingerprint density at radius 3 is 2.96 bits per heavy atom. The molecule has 0 unspecified atom stereocenters. The number of fused-ring (bicyclic) bond motifs is 1. The molecule has 11 heteroatoms. The summed E-state index contributed by atoms with van der Waals surface area (Å²) in [5.74, 6) is -2.33. The lowest BCUT2D eigenvalue weighted by molar-refractivity contribution is -0.384. The van der Waals surface area contributed by atoms with E-state index in [1.54, 1.807) is 16.8 Å². The van der Waals surface area contributed by atoms with Crippen LogP contribution < -0.4 is 5.32 Å². The lowest BCUT2D eigenvalue weighted by Crippen LogP contribution is -2.22. The van der Waals surface area contributed by atoms with E-state index in [9.17, 15) is 24.1 Å². The number of carbonyl (C=O) groups is 2. The van der Waals surface area contributed by atoms with E-state index in [2.05, 4.69) is 10.3 Å². The summed E-state index contributed by atoms with van der Waals surface area (Å²) >= 11 is 1.41. The van der Waals surface area contributed by atoms with Gasteiger partial charge in [-0.1, -0.05) is 0 Å². The van der Waals surface area contributed by atoms with Crippen molar-refractivity contribution in [2.75, 3.05) is 11.9 Å². The molecule has 134 valence electrons. The summed E-state index contributed by atoms with van der Waals surface area (Å²) in [6, 6.07) is 2.72. The standard InChI is InChI=1S/C15H11FN4O5S/c16-11-2-1-10(20(23)24)6-12(11)18-13(21)8-25-14(22)5-9-7-19-3-4-26-15(19)17-9/h1-4,6-7H,5,8H2,(H,18,21). The van der Waals surface area contributed by atoms with Crippen molar-refractivity contribution in [1.82, 2.24) is 9.38 Å². The number of imidazole rings is 1. The number of thiazole rings is 1. The zero-order valence-corrected chi connectivity index (χ0v) is 13.9. The number of benzene rings is 1. The zero-order chi connectivity index (χ0) is 18.7. The van der Waals surface area contributed by atoms with E-state index in [0.29, 0.717) is 5.69 Å². The van der Waals surface area contributed by atoms with Gasteiger partial charge in [-0.3, -0.25) is 24.1 Å². The number of nitro benzene ring substituents is 1. The van der Waals surface area contributed by atoms with Crippen LogP contribution in [0.4, 0.5) is 15.8 Å². The molecule has 9 nitrogen and oxygen atoms in total. The Balaban J connectivity index is 1.53. The van der Waals surface area contributed by atoms with Crippen LogP contribution in [0.25, 0.3) is 4.96 Å². The molecule has 0 spiro atoms. The first kappa shape index (κ1) is 17.5. The number of non-ortho nitro benzene ring substituents is 1. The maximum absolute atomic E-state index is 13.6. The van der Waals surface area contributed by atoms with Crippen LogP contribution in [0.3, 0.4) is 0 Å². The Hall–Kier alpha value is -3.34. The largest absolute Gasteiger partial charge is 0.455 e. The van der Waals surface area contributed by atoms with Gasteiger partial charge in [-0.25, -0.2) is 9.37 Å². The number of anilines is 1. The fourth-order valence-corrected chi connectivity index (χ4v) is 2.83. The van der Waals surface area contributed by atoms with Gasteiger partial charge >= 0.3 is 5.97 Å². The number of rotatable bonds is 6. The third-order valence-corrected chi connectivity index (χ3v) is 4.04. The number of esters is 1. The van der Waals surface area contributed by atoms with E-state index >= 15 is 0 Å². The Bertz CT molecular complexity index is 971. The number of nitro groups is 1. The molecule has 0 bridgehead atoms. The van der Waals surface area contributed by atoms with Gasteiger partial charge in [-0.15, -0.1) is 11.3 Å². The molecule has 0 radical (unpaired) electrons. The molecule has 0 saturated heterocycles. The van der Waals surface area contributed by atoms with Crippen LogP contribution in [0.15, 0.2) is 36.0 Å². The SMILES string of the molecule is O=C(COC(=O)Cc1cn2ccsc2n1)Nc1cc([N+](=O)[O-])ccc1F. The third kappa shape index (κ3) is 4.00. The van der Waals surface area contributed by atoms with Crippen molar-refractivity contribution in [3.63, 3.8) is 0 Å². The van der Waals surface area contributed by atoms with Crippen LogP contribution in [-0.4, -0.2) is 32.8 Å². The summed E-state index contributed by atoms with van der Waals surface area (Å²) < 4.78 is 20.2. The lowest BCUT2D eigenvalue weighted by Gasteiger charge is -2.07. The zero-order valence-electron chi connectivity index (χ0n) is 13.0. The number of halogens is 1. The highest BCUT2D eigenvalue weighted by molar-refractivity contribution is 7.15. The molecule has 26 heavy (non-hydrogen) atoms. The van der Waals surface area contributed by atoms with Gasteiger partial charge in [0, 0.05) is 29.9 Å². The van der Waals surface area contributed by atoms with Crippen molar-refractivity contribution in [3.8, 4) is 0 Å². The van der Waals surface area contributed by atoms with E-state index in [1.807, 2.05) is 5.38 Å². The van der Waals surface area contributed by atoms with Gasteiger partial charge in [0.15, 0.2) is 11.6 Å². The molecule has 1 aromatic carbocycles. The van der Waals surface area contributed by atoms with Gasteiger partial charge in [0.2, 0.25) is 0 Å². The second kappa shape index (κ2) is 7.27. The second-order valence-electron chi connectivity index (χ2n) is 5.13. The Morgan fingerprint density at radius 2 is 2.23 bits per heavy atom. The molecule has 1 N–H and O–H groups in total. The summed E-state index contributed by atoms with van der Waals surface area (Å²) in [4.78, 5) is 38.4. The molecule has 0 aliphatic rings. The molecular formula is C15H11FN4O5S. The minimum Gasteiger partial charge on any atom is -0.455 e. The van der Waals surface area contributed by atoms with Gasteiger partial charge in [0.1, 0.15) is 5.82 Å². The van der Waals surface area contributed by atoms with Crippen LogP contribution >= 0.6 is 11.3 Å². The molecule has 0 aliphatic carbocycles. The smallest absolute Gasteiger partial charge is 0.312 e. The Kier molecular flexibility index (Phi) is 4.89.